The molecule has 0 heterocycles. The fourth-order valence-electron chi connectivity index (χ4n) is 7.19. The summed E-state index contributed by atoms with van der Waals surface area (Å²) in [7, 11) is 0. The van der Waals surface area contributed by atoms with E-state index < -0.39 is 5.41 Å². The normalized spacial score (nSPS) is 14.1. The van der Waals surface area contributed by atoms with Gasteiger partial charge in [-0.15, -0.1) is 0 Å². The molecule has 3 heteroatoms. The lowest BCUT2D eigenvalue weighted by atomic mass is 9.62. The summed E-state index contributed by atoms with van der Waals surface area (Å²) in [5.41, 5.74) is 6.23. The van der Waals surface area contributed by atoms with Gasteiger partial charge in [-0.05, 0) is 89.0 Å². The molecular formula is C45H68O3. The Bertz CT molecular complexity index is 1360. The van der Waals surface area contributed by atoms with Gasteiger partial charge in [-0.2, -0.15) is 0 Å². The minimum atomic E-state index is -0.685. The van der Waals surface area contributed by atoms with Gasteiger partial charge < -0.3 is 15.3 Å². The predicted molar refractivity (Wildman–Crippen MR) is 207 cm³/mol. The molecule has 0 saturated carbocycles. The average molecular weight is 657 g/mol. The molecule has 3 aromatic carbocycles. The third kappa shape index (κ3) is 7.31. The van der Waals surface area contributed by atoms with E-state index in [1.54, 1.807) is 0 Å². The second-order valence-electron chi connectivity index (χ2n) is 20.5. The summed E-state index contributed by atoms with van der Waals surface area (Å²) in [5, 5.41) is 35.6. The van der Waals surface area contributed by atoms with Gasteiger partial charge in [-0.25, -0.2) is 0 Å². The van der Waals surface area contributed by atoms with E-state index in [2.05, 4.69) is 168 Å². The highest BCUT2D eigenvalue weighted by Gasteiger charge is 2.42. The molecule has 0 radical (unpaired) electrons. The molecule has 0 spiro atoms. The van der Waals surface area contributed by atoms with Gasteiger partial charge in [-0.1, -0.05) is 168 Å². The van der Waals surface area contributed by atoms with Crippen molar-refractivity contribution in [1.29, 1.82) is 0 Å². The van der Waals surface area contributed by atoms with E-state index in [9.17, 15) is 15.3 Å². The van der Waals surface area contributed by atoms with Crippen LogP contribution in [0.3, 0.4) is 0 Å². The number of phenolic OH excluding ortho intramolecular Hbond substituents is 3. The molecule has 0 fully saturated rings. The molecule has 3 N–H and O–H groups in total. The van der Waals surface area contributed by atoms with E-state index in [0.29, 0.717) is 17.2 Å². The van der Waals surface area contributed by atoms with Crippen LogP contribution >= 0.6 is 0 Å². The molecule has 0 aliphatic rings. The molecule has 0 unspecified atom stereocenters. The molecule has 0 aliphatic carbocycles. The lowest BCUT2D eigenvalue weighted by Crippen LogP contribution is -2.33. The second-order valence-corrected chi connectivity index (χ2v) is 20.5. The second kappa shape index (κ2) is 12.1. The zero-order valence-electron chi connectivity index (χ0n) is 34.0. The van der Waals surface area contributed by atoms with Gasteiger partial charge in [0.25, 0.3) is 0 Å². The lowest BCUT2D eigenvalue weighted by Gasteiger charge is -2.41. The Kier molecular flexibility index (Phi) is 9.98. The fourth-order valence-corrected chi connectivity index (χ4v) is 7.19. The van der Waals surface area contributed by atoms with E-state index in [4.69, 9.17) is 0 Å². The highest BCUT2D eigenvalue weighted by Crippen LogP contribution is 2.53. The molecule has 3 nitrogen and oxygen atoms in total. The molecule has 48 heavy (non-hydrogen) atoms. The van der Waals surface area contributed by atoms with Gasteiger partial charge in [-0.3, -0.25) is 0 Å². The zero-order valence-corrected chi connectivity index (χ0v) is 34.0. The summed E-state index contributed by atoms with van der Waals surface area (Å²) in [6.07, 6.45) is 0.723. The maximum atomic E-state index is 11.9. The van der Waals surface area contributed by atoms with Crippen LogP contribution in [0.15, 0.2) is 36.4 Å². The minimum absolute atomic E-state index is 0.316. The Morgan fingerprint density at radius 1 is 0.333 bits per heavy atom. The molecule has 0 atom stereocenters. The number of aromatic hydroxyl groups is 3. The van der Waals surface area contributed by atoms with Crippen LogP contribution in [0.25, 0.3) is 0 Å². The first kappa shape index (κ1) is 39.5. The monoisotopic (exact) mass is 657 g/mol. The van der Waals surface area contributed by atoms with Gasteiger partial charge in [0.1, 0.15) is 17.2 Å². The molecule has 0 aliphatic heterocycles. The molecule has 3 rings (SSSR count). The zero-order chi connectivity index (χ0) is 37.4. The van der Waals surface area contributed by atoms with Crippen LogP contribution in [-0.2, 0) is 37.9 Å². The Hall–Kier alpha value is -2.94. The van der Waals surface area contributed by atoms with Crippen LogP contribution in [0.1, 0.15) is 188 Å². The smallest absolute Gasteiger partial charge is 0.123 e. The molecule has 0 bridgehead atoms. The first-order chi connectivity index (χ1) is 21.3. The third-order valence-corrected chi connectivity index (χ3v) is 10.2. The number of phenols is 3. The van der Waals surface area contributed by atoms with Gasteiger partial charge in [0.05, 0.1) is 0 Å². The van der Waals surface area contributed by atoms with Gasteiger partial charge in [0.15, 0.2) is 0 Å². The van der Waals surface area contributed by atoms with E-state index in [1.807, 2.05) is 0 Å². The van der Waals surface area contributed by atoms with Gasteiger partial charge in [0, 0.05) is 5.41 Å². The Balaban J connectivity index is 2.86. The standard InChI is InChI=1S/C45H68O3/c1-20-45(27-21-30(39(2,3)4)36(46)31(22-27)40(5,6)7,28-23-32(41(8,9)10)37(47)33(24-28)42(11,12)13)29-25-34(43(14,15)16)38(48)35(26-29)44(17,18)19/h21-26,46-48H,20H2,1-19H3. The highest BCUT2D eigenvalue weighted by atomic mass is 16.3. The fraction of sp³-hybridized carbons (Fsp3) is 0.600. The summed E-state index contributed by atoms with van der Waals surface area (Å²) in [4.78, 5) is 0. The van der Waals surface area contributed by atoms with Crippen molar-refractivity contribution in [3.63, 3.8) is 0 Å². The molecular weight excluding hydrogens is 588 g/mol. The van der Waals surface area contributed by atoms with E-state index >= 15 is 0 Å². The van der Waals surface area contributed by atoms with Crippen molar-refractivity contribution < 1.29 is 15.3 Å². The maximum absolute atomic E-state index is 11.9. The number of rotatable bonds is 4. The largest absolute Gasteiger partial charge is 0.507 e. The van der Waals surface area contributed by atoms with Crippen molar-refractivity contribution in [2.45, 2.75) is 176 Å². The SMILES string of the molecule is CCC(c1cc(C(C)(C)C)c(O)c(C(C)(C)C)c1)(c1cc(C(C)(C)C)c(O)c(C(C)(C)C)c1)c1cc(C(C)(C)C)c(O)c(C(C)(C)C)c1. The quantitative estimate of drug-likeness (QED) is 0.245. The Morgan fingerprint density at radius 2 is 0.479 bits per heavy atom. The van der Waals surface area contributed by atoms with Crippen molar-refractivity contribution in [1.82, 2.24) is 0 Å². The summed E-state index contributed by atoms with van der Waals surface area (Å²) >= 11 is 0. The molecule has 0 amide bonds. The van der Waals surface area contributed by atoms with E-state index in [1.165, 1.54) is 0 Å². The Morgan fingerprint density at radius 3 is 0.583 bits per heavy atom. The van der Waals surface area contributed by atoms with Crippen LogP contribution in [-0.4, -0.2) is 15.3 Å². The lowest BCUT2D eigenvalue weighted by molar-refractivity contribution is 0.418. The third-order valence-electron chi connectivity index (χ3n) is 10.2. The van der Waals surface area contributed by atoms with Gasteiger partial charge >= 0.3 is 0 Å². The first-order valence-electron chi connectivity index (χ1n) is 17.9. The van der Waals surface area contributed by atoms with E-state index in [0.717, 1.165) is 56.5 Å². The van der Waals surface area contributed by atoms with Crippen LogP contribution < -0.4 is 0 Å². The van der Waals surface area contributed by atoms with Crippen molar-refractivity contribution in [3.05, 3.63) is 86.5 Å². The first-order valence-corrected chi connectivity index (χ1v) is 17.9. The van der Waals surface area contributed by atoms with Crippen LogP contribution in [0, 0.1) is 0 Å². The van der Waals surface area contributed by atoms with Gasteiger partial charge in [0.2, 0.25) is 0 Å². The predicted octanol–water partition coefficient (Wildman–Crippen LogP) is 12.3. The summed E-state index contributed by atoms with van der Waals surface area (Å²) in [6.45, 7) is 41.2. The summed E-state index contributed by atoms with van der Waals surface area (Å²) in [6, 6.07) is 13.4. The number of hydrogen-bond donors (Lipinski definition) is 3. The molecule has 266 valence electrons. The average Bonchev–Trinajstić information content (AvgIpc) is 2.87. The van der Waals surface area contributed by atoms with Crippen molar-refractivity contribution in [3.8, 4) is 17.2 Å². The topological polar surface area (TPSA) is 60.7 Å². The molecule has 3 aromatic rings. The number of benzene rings is 3. The van der Waals surface area contributed by atoms with E-state index in [-0.39, 0.29) is 32.5 Å². The van der Waals surface area contributed by atoms with Crippen LogP contribution in [0.2, 0.25) is 0 Å². The van der Waals surface area contributed by atoms with Crippen LogP contribution in [0.5, 0.6) is 17.2 Å². The number of hydrogen-bond acceptors (Lipinski definition) is 3. The van der Waals surface area contributed by atoms with Crippen molar-refractivity contribution >= 4 is 0 Å². The Labute approximate surface area is 294 Å². The maximum Gasteiger partial charge on any atom is 0.123 e. The molecule has 0 saturated heterocycles. The highest BCUT2D eigenvalue weighted by molar-refractivity contribution is 5.63. The minimum Gasteiger partial charge on any atom is -0.507 e. The summed E-state index contributed by atoms with van der Waals surface area (Å²) in [5.74, 6) is 1.07. The van der Waals surface area contributed by atoms with Crippen LogP contribution in [0.4, 0.5) is 0 Å². The molecule has 0 aromatic heterocycles. The van der Waals surface area contributed by atoms with Crippen molar-refractivity contribution in [2.75, 3.05) is 0 Å². The summed E-state index contributed by atoms with van der Waals surface area (Å²) < 4.78 is 0. The van der Waals surface area contributed by atoms with Crippen molar-refractivity contribution in [2.24, 2.45) is 0 Å².